The number of benzene rings is 3. The van der Waals surface area contributed by atoms with Crippen molar-refractivity contribution in [2.24, 2.45) is 0 Å². The molecule has 2 atom stereocenters. The quantitative estimate of drug-likeness (QED) is 0.247. The summed E-state index contributed by atoms with van der Waals surface area (Å²) in [4.78, 5) is 0.754. The third kappa shape index (κ3) is 4.25. The van der Waals surface area contributed by atoms with Crippen molar-refractivity contribution in [1.82, 2.24) is 0 Å². The number of anilines is 1. The zero-order valence-corrected chi connectivity index (χ0v) is 16.3. The van der Waals surface area contributed by atoms with Crippen molar-refractivity contribution in [2.45, 2.75) is 23.8 Å². The van der Waals surface area contributed by atoms with Crippen molar-refractivity contribution in [2.75, 3.05) is 5.73 Å². The maximum Gasteiger partial charge on any atom is 0.119 e. The van der Waals surface area contributed by atoms with Crippen molar-refractivity contribution >= 4 is 22.5 Å². The Kier molecular flexibility index (Phi) is 6.15. The first-order valence-corrected chi connectivity index (χ1v) is 9.66. The molecular formula is C23H21N3OS. The molecule has 3 aromatic rings. The maximum atomic E-state index is 10.8. The highest BCUT2D eigenvalue weighted by atomic mass is 32.2. The molecule has 0 aliphatic rings. The van der Waals surface area contributed by atoms with E-state index in [0.29, 0.717) is 16.8 Å². The first-order chi connectivity index (χ1) is 13.5. The number of aryl methyl sites for hydroxylation is 1. The van der Waals surface area contributed by atoms with E-state index >= 15 is 0 Å². The fraction of sp³-hybridized carbons (Fsp3) is 0.130. The van der Waals surface area contributed by atoms with E-state index in [1.54, 1.807) is 12.1 Å². The van der Waals surface area contributed by atoms with Crippen LogP contribution in [-0.2, 0) is 0 Å². The van der Waals surface area contributed by atoms with Gasteiger partial charge in [-0.05, 0) is 41.3 Å². The molecule has 0 spiro atoms. The Bertz CT molecular complexity index is 1040. The van der Waals surface area contributed by atoms with Crippen LogP contribution in [0, 0.1) is 23.7 Å². The second kappa shape index (κ2) is 8.75. The summed E-state index contributed by atoms with van der Waals surface area (Å²) < 4.78 is 0. The molecule has 0 heterocycles. The highest BCUT2D eigenvalue weighted by Gasteiger charge is 2.21. The van der Waals surface area contributed by atoms with Crippen molar-refractivity contribution in [3.05, 3.63) is 95.1 Å². The van der Waals surface area contributed by atoms with Crippen molar-refractivity contribution in [3.8, 4) is 6.07 Å². The molecule has 3 aromatic carbocycles. The van der Waals surface area contributed by atoms with Crippen molar-refractivity contribution in [3.63, 3.8) is 0 Å². The molecule has 0 aliphatic heterocycles. The number of nitrogen functional groups attached to an aromatic ring is 1. The van der Waals surface area contributed by atoms with Gasteiger partial charge in [0, 0.05) is 10.6 Å². The molecule has 4 N–H and O–H groups in total. The zero-order chi connectivity index (χ0) is 20.1. The van der Waals surface area contributed by atoms with Gasteiger partial charge in [-0.2, -0.15) is 5.26 Å². The van der Waals surface area contributed by atoms with Gasteiger partial charge in [0.15, 0.2) is 0 Å². The third-order valence-electron chi connectivity index (χ3n) is 4.57. The molecule has 0 amide bonds. The maximum absolute atomic E-state index is 10.8. The number of nitrogens with two attached hydrogens (primary N) is 1. The zero-order valence-electron chi connectivity index (χ0n) is 15.5. The third-order valence-corrected chi connectivity index (χ3v) is 5.62. The summed E-state index contributed by atoms with van der Waals surface area (Å²) in [5.41, 5.74) is 9.75. The largest absolute Gasteiger partial charge is 0.398 e. The molecule has 0 fully saturated rings. The minimum Gasteiger partial charge on any atom is -0.398 e. The normalized spacial score (nSPS) is 12.8. The lowest BCUT2D eigenvalue weighted by molar-refractivity contribution is 0.219. The van der Waals surface area contributed by atoms with Gasteiger partial charge in [0.1, 0.15) is 12.0 Å². The molecule has 140 valence electrons. The minimum absolute atomic E-state index is 0.197. The number of rotatable bonds is 5. The molecule has 0 aliphatic carbocycles. The number of nitriles is 1. The summed E-state index contributed by atoms with van der Waals surface area (Å²) in [7, 11) is 0. The van der Waals surface area contributed by atoms with Gasteiger partial charge >= 0.3 is 0 Å². The van der Waals surface area contributed by atoms with Gasteiger partial charge in [0.2, 0.25) is 0 Å². The van der Waals surface area contributed by atoms with Gasteiger partial charge in [-0.15, -0.1) is 0 Å². The van der Waals surface area contributed by atoms with Crippen LogP contribution in [0.4, 0.5) is 5.69 Å². The van der Waals surface area contributed by atoms with Gasteiger partial charge < -0.3 is 10.8 Å². The molecule has 0 radical (unpaired) electrons. The summed E-state index contributed by atoms with van der Waals surface area (Å²) in [6, 6.07) is 24.4. The molecule has 0 saturated heterocycles. The predicted octanol–water partition coefficient (Wildman–Crippen LogP) is 5.04. The number of hydrogen-bond donors (Lipinski definition) is 3. The number of nitrogens with zero attached hydrogens (tertiary/aromatic N) is 1. The average molecular weight is 388 g/mol. The Morgan fingerprint density at radius 1 is 1.04 bits per heavy atom. The number of aliphatic hydroxyl groups is 1. The standard InChI is InChI=1S/C23H21N3OS/c1-15-7-2-3-10-18(15)22(27)17-9-6-8-16(13-17)19(14-24)23(26)28-21-12-5-4-11-20(21)25/h2-13,19,22,26-27H,25H2,1H3. The SMILES string of the molecule is Cc1ccccc1C(O)c1cccc(C(C#N)C(=N)Sc2ccccc2N)c1. The second-order valence-electron chi connectivity index (χ2n) is 6.50. The highest BCUT2D eigenvalue weighted by molar-refractivity contribution is 8.14. The van der Waals surface area contributed by atoms with Crippen LogP contribution in [0.15, 0.2) is 77.7 Å². The molecule has 28 heavy (non-hydrogen) atoms. The Hall–Kier alpha value is -3.07. The van der Waals surface area contributed by atoms with E-state index < -0.39 is 12.0 Å². The lowest BCUT2D eigenvalue weighted by Crippen LogP contribution is -2.08. The van der Waals surface area contributed by atoms with Crippen LogP contribution in [0.3, 0.4) is 0 Å². The number of aliphatic hydroxyl groups excluding tert-OH is 1. The van der Waals surface area contributed by atoms with Gasteiger partial charge in [-0.25, -0.2) is 0 Å². The summed E-state index contributed by atoms with van der Waals surface area (Å²) in [6.45, 7) is 1.96. The molecule has 5 heteroatoms. The Balaban J connectivity index is 1.87. The lowest BCUT2D eigenvalue weighted by atomic mass is 9.93. The molecule has 2 unspecified atom stereocenters. The fourth-order valence-corrected chi connectivity index (χ4v) is 3.89. The molecule has 0 aromatic heterocycles. The smallest absolute Gasteiger partial charge is 0.119 e. The van der Waals surface area contributed by atoms with E-state index in [1.165, 1.54) is 11.8 Å². The Morgan fingerprint density at radius 3 is 2.43 bits per heavy atom. The van der Waals surface area contributed by atoms with Crippen LogP contribution in [0.25, 0.3) is 0 Å². The Morgan fingerprint density at radius 2 is 1.71 bits per heavy atom. The van der Waals surface area contributed by atoms with Gasteiger partial charge in [-0.1, -0.05) is 72.4 Å². The summed E-state index contributed by atoms with van der Waals surface area (Å²) >= 11 is 1.18. The van der Waals surface area contributed by atoms with Crippen molar-refractivity contribution in [1.29, 1.82) is 10.7 Å². The topological polar surface area (TPSA) is 93.9 Å². The van der Waals surface area contributed by atoms with E-state index in [1.807, 2.05) is 67.6 Å². The van der Waals surface area contributed by atoms with Gasteiger partial charge in [0.25, 0.3) is 0 Å². The van der Waals surface area contributed by atoms with Gasteiger partial charge in [-0.3, -0.25) is 5.41 Å². The van der Waals surface area contributed by atoms with Crippen molar-refractivity contribution < 1.29 is 5.11 Å². The first-order valence-electron chi connectivity index (χ1n) is 8.85. The van der Waals surface area contributed by atoms with Crippen LogP contribution in [0.5, 0.6) is 0 Å². The van der Waals surface area contributed by atoms with Crippen LogP contribution >= 0.6 is 11.8 Å². The highest BCUT2D eigenvalue weighted by Crippen LogP contribution is 2.33. The molecule has 3 rings (SSSR count). The fourth-order valence-electron chi connectivity index (χ4n) is 3.02. The van der Waals surface area contributed by atoms with Crippen LogP contribution in [0.1, 0.15) is 34.3 Å². The Labute approximate surface area is 169 Å². The van der Waals surface area contributed by atoms with E-state index in [-0.39, 0.29) is 5.04 Å². The number of nitrogens with one attached hydrogen (secondary N) is 1. The van der Waals surface area contributed by atoms with E-state index in [2.05, 4.69) is 6.07 Å². The number of hydrogen-bond acceptors (Lipinski definition) is 5. The summed E-state index contributed by atoms with van der Waals surface area (Å²) in [5.74, 6) is -0.728. The molecule has 4 nitrogen and oxygen atoms in total. The minimum atomic E-state index is -0.785. The van der Waals surface area contributed by atoms with Crippen LogP contribution in [-0.4, -0.2) is 10.2 Å². The second-order valence-corrected chi connectivity index (χ2v) is 7.58. The average Bonchev–Trinajstić information content (AvgIpc) is 2.70. The monoisotopic (exact) mass is 387 g/mol. The van der Waals surface area contributed by atoms with E-state index in [0.717, 1.165) is 16.0 Å². The number of thioether (sulfide) groups is 1. The van der Waals surface area contributed by atoms with Gasteiger partial charge in [0.05, 0.1) is 11.1 Å². The van der Waals surface area contributed by atoms with E-state index in [4.69, 9.17) is 11.1 Å². The van der Waals surface area contributed by atoms with Crippen LogP contribution in [0.2, 0.25) is 0 Å². The van der Waals surface area contributed by atoms with E-state index in [9.17, 15) is 10.4 Å². The first kappa shape index (κ1) is 19.7. The number of para-hydroxylation sites is 1. The van der Waals surface area contributed by atoms with Crippen LogP contribution < -0.4 is 5.73 Å². The molecule has 0 bridgehead atoms. The lowest BCUT2D eigenvalue weighted by Gasteiger charge is -2.17. The summed E-state index contributed by atoms with van der Waals surface area (Å²) in [5, 5.41) is 29.1. The molecule has 0 saturated carbocycles. The predicted molar refractivity (Wildman–Crippen MR) is 114 cm³/mol. The molecular weight excluding hydrogens is 366 g/mol. The summed E-state index contributed by atoms with van der Waals surface area (Å²) in [6.07, 6.45) is -0.785.